The summed E-state index contributed by atoms with van der Waals surface area (Å²) in [7, 11) is 0. The van der Waals surface area contributed by atoms with Crippen LogP contribution in [0.4, 0.5) is 0 Å². The monoisotopic (exact) mass is 544 g/mol. The zero-order chi connectivity index (χ0) is 25.5. The van der Waals surface area contributed by atoms with Crippen molar-refractivity contribution in [3.8, 4) is 19.5 Å². The highest BCUT2D eigenvalue weighted by Crippen LogP contribution is 2.46. The molecule has 0 spiro atoms. The molecule has 0 aliphatic heterocycles. The second-order valence-electron chi connectivity index (χ2n) is 10.4. The van der Waals surface area contributed by atoms with Crippen LogP contribution in [0.5, 0.6) is 0 Å². The Kier molecular flexibility index (Phi) is 9.53. The van der Waals surface area contributed by atoms with Gasteiger partial charge in [-0.3, -0.25) is 0 Å². The summed E-state index contributed by atoms with van der Waals surface area (Å²) >= 11 is 6.06. The molecule has 0 saturated carbocycles. The summed E-state index contributed by atoms with van der Waals surface area (Å²) in [6.45, 7) is 4.60. The topological polar surface area (TPSA) is 0 Å². The van der Waals surface area contributed by atoms with Gasteiger partial charge < -0.3 is 0 Å². The molecule has 2 aliphatic carbocycles. The summed E-state index contributed by atoms with van der Waals surface area (Å²) < 4.78 is 0. The van der Waals surface area contributed by atoms with Crippen LogP contribution >= 0.6 is 34.0 Å². The lowest BCUT2D eigenvalue weighted by atomic mass is 10.0. The molecule has 0 saturated heterocycles. The average molecular weight is 545 g/mol. The van der Waals surface area contributed by atoms with E-state index in [4.69, 9.17) is 0 Å². The normalized spacial score (nSPS) is 15.2. The maximum Gasteiger partial charge on any atom is 0.0478 e. The van der Waals surface area contributed by atoms with Gasteiger partial charge in [0.25, 0.3) is 0 Å². The summed E-state index contributed by atoms with van der Waals surface area (Å²) in [4.78, 5) is 8.93. The smallest absolute Gasteiger partial charge is 0.0478 e. The van der Waals surface area contributed by atoms with Gasteiger partial charge in [-0.15, -0.1) is 34.0 Å². The molecule has 3 aromatic heterocycles. The van der Waals surface area contributed by atoms with E-state index in [1.807, 2.05) is 34.0 Å². The maximum absolute atomic E-state index is 2.51. The lowest BCUT2D eigenvalue weighted by molar-refractivity contribution is 0.668. The Hall–Kier alpha value is -1.94. The number of aryl methyl sites for hydroxylation is 2. The van der Waals surface area contributed by atoms with Gasteiger partial charge in [-0.1, -0.05) is 101 Å². The van der Waals surface area contributed by atoms with Gasteiger partial charge in [-0.25, -0.2) is 0 Å². The first-order valence-corrected chi connectivity index (χ1v) is 16.8. The molecule has 0 nitrogen and oxygen atoms in total. The van der Waals surface area contributed by atoms with Crippen LogP contribution in [0.2, 0.25) is 0 Å². The van der Waals surface area contributed by atoms with Crippen molar-refractivity contribution in [2.75, 3.05) is 0 Å². The van der Waals surface area contributed by atoms with E-state index in [0.29, 0.717) is 11.8 Å². The summed E-state index contributed by atoms with van der Waals surface area (Å²) in [6.07, 6.45) is 31.1. The summed E-state index contributed by atoms with van der Waals surface area (Å²) in [5, 5.41) is 0. The van der Waals surface area contributed by atoms with E-state index in [1.165, 1.54) is 93.5 Å². The first-order chi connectivity index (χ1) is 18.3. The number of allylic oxidation sites excluding steroid dienone is 8. The molecule has 0 bridgehead atoms. The number of unbranched alkanes of at least 4 members (excludes halogenated alkanes) is 6. The van der Waals surface area contributed by atoms with Crippen LogP contribution in [0, 0.1) is 0 Å². The van der Waals surface area contributed by atoms with Crippen LogP contribution in [-0.2, 0) is 12.8 Å². The van der Waals surface area contributed by atoms with E-state index in [2.05, 4.69) is 86.7 Å². The number of rotatable bonds is 14. The van der Waals surface area contributed by atoms with Crippen molar-refractivity contribution in [2.24, 2.45) is 0 Å². The number of hydrogen-bond acceptors (Lipinski definition) is 3. The highest BCUT2D eigenvalue weighted by Gasteiger charge is 2.20. The summed E-state index contributed by atoms with van der Waals surface area (Å²) in [5.74, 6) is 0.907. The van der Waals surface area contributed by atoms with Crippen LogP contribution in [0.25, 0.3) is 19.5 Å². The van der Waals surface area contributed by atoms with Crippen molar-refractivity contribution in [3.05, 3.63) is 93.8 Å². The Labute approximate surface area is 236 Å². The first-order valence-electron chi connectivity index (χ1n) is 14.3. The quantitative estimate of drug-likeness (QED) is 0.177. The third-order valence-corrected chi connectivity index (χ3v) is 11.5. The van der Waals surface area contributed by atoms with Crippen molar-refractivity contribution in [2.45, 2.75) is 89.9 Å². The molecule has 3 heterocycles. The molecule has 0 amide bonds. The van der Waals surface area contributed by atoms with Gasteiger partial charge in [-0.05, 0) is 61.1 Å². The second kappa shape index (κ2) is 13.2. The molecule has 194 valence electrons. The summed E-state index contributed by atoms with van der Waals surface area (Å²) in [5.41, 5.74) is 3.12. The fraction of sp³-hybridized carbons (Fsp3) is 0.412. The van der Waals surface area contributed by atoms with Crippen molar-refractivity contribution < 1.29 is 0 Å². The van der Waals surface area contributed by atoms with Gasteiger partial charge in [0, 0.05) is 41.1 Å². The molecule has 37 heavy (non-hydrogen) atoms. The molecule has 0 unspecified atom stereocenters. The molecule has 3 heteroatoms. The van der Waals surface area contributed by atoms with Crippen LogP contribution in [-0.4, -0.2) is 0 Å². The molecular formula is C34H40S3. The molecule has 0 fully saturated rings. The number of hydrogen-bond donors (Lipinski definition) is 0. The second-order valence-corrected chi connectivity index (χ2v) is 13.6. The van der Waals surface area contributed by atoms with Crippen molar-refractivity contribution in [3.63, 3.8) is 0 Å². The van der Waals surface area contributed by atoms with Gasteiger partial charge in [-0.2, -0.15) is 0 Å². The molecule has 2 aliphatic rings. The minimum absolute atomic E-state index is 0.453. The molecule has 3 aromatic rings. The van der Waals surface area contributed by atoms with E-state index < -0.39 is 0 Å². The van der Waals surface area contributed by atoms with Crippen molar-refractivity contribution in [1.29, 1.82) is 0 Å². The Morgan fingerprint density at radius 1 is 0.541 bits per heavy atom. The largest absolute Gasteiger partial charge is 0.138 e. The van der Waals surface area contributed by atoms with Crippen LogP contribution < -0.4 is 0 Å². The van der Waals surface area contributed by atoms with Crippen LogP contribution in [0.3, 0.4) is 0 Å². The molecule has 0 radical (unpaired) electrons. The highest BCUT2D eigenvalue weighted by atomic mass is 32.1. The van der Waals surface area contributed by atoms with E-state index in [0.717, 1.165) is 0 Å². The van der Waals surface area contributed by atoms with Crippen molar-refractivity contribution in [1.82, 2.24) is 0 Å². The lowest BCUT2D eigenvalue weighted by Gasteiger charge is -2.03. The van der Waals surface area contributed by atoms with Gasteiger partial charge in [0.15, 0.2) is 0 Å². The van der Waals surface area contributed by atoms with E-state index in [1.54, 1.807) is 11.1 Å². The van der Waals surface area contributed by atoms with E-state index in [-0.39, 0.29) is 0 Å². The molecule has 0 aromatic carbocycles. The van der Waals surface area contributed by atoms with Crippen LogP contribution in [0.15, 0.2) is 72.9 Å². The Morgan fingerprint density at radius 2 is 0.973 bits per heavy atom. The molecular weight excluding hydrogens is 505 g/mol. The maximum atomic E-state index is 2.51. The zero-order valence-corrected chi connectivity index (χ0v) is 24.8. The zero-order valence-electron chi connectivity index (χ0n) is 22.4. The highest BCUT2D eigenvalue weighted by molar-refractivity contribution is 7.26. The molecule has 5 rings (SSSR count). The third-order valence-electron chi connectivity index (χ3n) is 7.46. The van der Waals surface area contributed by atoms with Crippen LogP contribution in [0.1, 0.15) is 97.9 Å². The summed E-state index contributed by atoms with van der Waals surface area (Å²) in [6, 6.07) is 9.83. The molecule has 0 atom stereocenters. The minimum Gasteiger partial charge on any atom is -0.138 e. The van der Waals surface area contributed by atoms with E-state index >= 15 is 0 Å². The first kappa shape index (κ1) is 26.7. The standard InChI is InChI=1S/C34H40S3/c1-3-5-7-9-19-27-23-31(25-15-11-12-16-25)36-33(27)29-21-22-30(35-29)34-28(20-10-8-6-4-2)24-32(37-34)26-17-13-14-18-26/h11-18,21-26H,3-10,19-20H2,1-2H3. The van der Waals surface area contributed by atoms with E-state index in [9.17, 15) is 0 Å². The van der Waals surface area contributed by atoms with Gasteiger partial charge in [0.2, 0.25) is 0 Å². The van der Waals surface area contributed by atoms with Crippen molar-refractivity contribution >= 4 is 34.0 Å². The fourth-order valence-corrected chi connectivity index (χ4v) is 9.17. The lowest BCUT2D eigenvalue weighted by Crippen LogP contribution is -1.86. The average Bonchev–Trinajstić information content (AvgIpc) is 3.73. The predicted octanol–water partition coefficient (Wildman–Crippen LogP) is 11.9. The fourth-order valence-electron chi connectivity index (χ4n) is 5.33. The SMILES string of the molecule is CCCCCCc1cc(C2C=CC=C2)sc1-c1ccc(-c2sc(C3C=CC=C3)cc2CCCCCC)s1. The van der Waals surface area contributed by atoms with Gasteiger partial charge in [0.1, 0.15) is 0 Å². The van der Waals surface area contributed by atoms with Gasteiger partial charge >= 0.3 is 0 Å². The third kappa shape index (κ3) is 6.56. The Bertz CT molecular complexity index is 1150. The Balaban J connectivity index is 1.43. The Morgan fingerprint density at radius 3 is 1.38 bits per heavy atom. The predicted molar refractivity (Wildman–Crippen MR) is 169 cm³/mol. The molecule has 0 N–H and O–H groups in total. The van der Waals surface area contributed by atoms with Gasteiger partial charge in [0.05, 0.1) is 0 Å². The minimum atomic E-state index is 0.453. The number of thiophene rings is 3.